The Morgan fingerprint density at radius 3 is 2.46 bits per heavy atom. The van der Waals surface area contributed by atoms with Crippen LogP contribution < -0.4 is 9.47 Å². The van der Waals surface area contributed by atoms with E-state index in [9.17, 15) is 5.11 Å². The van der Waals surface area contributed by atoms with Crippen molar-refractivity contribution in [2.75, 3.05) is 19.5 Å². The fourth-order valence-corrected chi connectivity index (χ4v) is 3.33. The third-order valence-electron chi connectivity index (χ3n) is 4.44. The minimum atomic E-state index is -0.652. The van der Waals surface area contributed by atoms with Crippen LogP contribution in [0.1, 0.15) is 16.7 Å². The monoisotopic (exact) mass is 400 g/mol. The third kappa shape index (κ3) is 4.85. The molecule has 0 aliphatic heterocycles. The molecule has 1 aromatic heterocycles. The van der Waals surface area contributed by atoms with Crippen molar-refractivity contribution in [3.8, 4) is 23.0 Å². The summed E-state index contributed by atoms with van der Waals surface area (Å²) in [7, 11) is 1.62. The first-order valence-corrected chi connectivity index (χ1v) is 9.95. The predicted molar refractivity (Wildman–Crippen MR) is 109 cm³/mol. The molecule has 0 saturated heterocycles. The standard InChI is InChI=1S/C21H24N2O4S/c1-13-5-6-14(2)19(15(13)3)26-11-17(24)12-28-21-23-22-20(27-21)16-7-9-18(25-4)10-8-16/h5-10,17,24H,11-12H2,1-4H3/t17-/m1/s1. The van der Waals surface area contributed by atoms with Crippen LogP contribution in [0.2, 0.25) is 0 Å². The lowest BCUT2D eigenvalue weighted by Crippen LogP contribution is -2.20. The van der Waals surface area contributed by atoms with Gasteiger partial charge in [0.2, 0.25) is 5.89 Å². The number of rotatable bonds is 8. The summed E-state index contributed by atoms with van der Waals surface area (Å²) in [6, 6.07) is 11.5. The van der Waals surface area contributed by atoms with Gasteiger partial charge >= 0.3 is 0 Å². The van der Waals surface area contributed by atoms with E-state index in [1.165, 1.54) is 17.3 Å². The number of aliphatic hydroxyl groups is 1. The molecule has 0 amide bonds. The molecule has 1 N–H and O–H groups in total. The first kappa shape index (κ1) is 20.2. The van der Waals surface area contributed by atoms with Crippen molar-refractivity contribution < 1.29 is 19.0 Å². The number of hydrogen-bond acceptors (Lipinski definition) is 7. The van der Waals surface area contributed by atoms with Crippen molar-refractivity contribution in [3.63, 3.8) is 0 Å². The van der Waals surface area contributed by atoms with E-state index in [1.807, 2.05) is 51.1 Å². The summed E-state index contributed by atoms with van der Waals surface area (Å²) < 4.78 is 16.7. The highest BCUT2D eigenvalue weighted by atomic mass is 32.2. The molecule has 1 heterocycles. The molecule has 0 bridgehead atoms. The number of hydrogen-bond donors (Lipinski definition) is 1. The van der Waals surface area contributed by atoms with Gasteiger partial charge in [-0.25, -0.2) is 0 Å². The largest absolute Gasteiger partial charge is 0.497 e. The molecule has 3 aromatic rings. The van der Waals surface area contributed by atoms with E-state index < -0.39 is 6.10 Å². The van der Waals surface area contributed by atoms with Gasteiger partial charge in [-0.2, -0.15) is 0 Å². The van der Waals surface area contributed by atoms with Crippen molar-refractivity contribution >= 4 is 11.8 Å². The number of methoxy groups -OCH3 is 1. The minimum Gasteiger partial charge on any atom is -0.497 e. The first-order chi connectivity index (χ1) is 13.5. The molecule has 0 fully saturated rings. The molecular formula is C21H24N2O4S. The van der Waals surface area contributed by atoms with Gasteiger partial charge in [-0.05, 0) is 61.7 Å². The Labute approximate surface area is 168 Å². The predicted octanol–water partition coefficient (Wildman–Crippen LogP) is 4.20. The van der Waals surface area contributed by atoms with Gasteiger partial charge in [0.05, 0.1) is 13.2 Å². The van der Waals surface area contributed by atoms with Crippen LogP contribution >= 0.6 is 11.8 Å². The second-order valence-electron chi connectivity index (χ2n) is 6.53. The SMILES string of the molecule is COc1ccc(-c2nnc(SC[C@H](O)COc3c(C)ccc(C)c3C)o2)cc1. The lowest BCUT2D eigenvalue weighted by atomic mass is 10.1. The van der Waals surface area contributed by atoms with Crippen molar-refractivity contribution in [2.45, 2.75) is 32.1 Å². The van der Waals surface area contributed by atoms with Crippen LogP contribution in [0.15, 0.2) is 46.0 Å². The second kappa shape index (κ2) is 9.12. The van der Waals surface area contributed by atoms with E-state index in [1.54, 1.807) is 7.11 Å². The summed E-state index contributed by atoms with van der Waals surface area (Å²) in [6.45, 7) is 6.28. The molecule has 148 valence electrons. The van der Waals surface area contributed by atoms with Gasteiger partial charge in [-0.15, -0.1) is 10.2 Å². The summed E-state index contributed by atoms with van der Waals surface area (Å²) >= 11 is 1.30. The molecule has 0 aliphatic carbocycles. The van der Waals surface area contributed by atoms with Crippen LogP contribution in [0, 0.1) is 20.8 Å². The van der Waals surface area contributed by atoms with Crippen LogP contribution in [-0.4, -0.2) is 40.9 Å². The fraction of sp³-hybridized carbons (Fsp3) is 0.333. The summed E-state index contributed by atoms with van der Waals surface area (Å²) in [5.74, 6) is 2.43. The minimum absolute atomic E-state index is 0.206. The highest BCUT2D eigenvalue weighted by Gasteiger charge is 2.14. The number of nitrogens with zero attached hydrogens (tertiary/aromatic N) is 2. The molecule has 0 radical (unpaired) electrons. The van der Waals surface area contributed by atoms with Gasteiger partial charge in [-0.1, -0.05) is 23.9 Å². The molecule has 3 rings (SSSR count). The van der Waals surface area contributed by atoms with E-state index in [2.05, 4.69) is 16.3 Å². The van der Waals surface area contributed by atoms with Crippen LogP contribution in [-0.2, 0) is 0 Å². The molecular weight excluding hydrogens is 376 g/mol. The molecule has 0 spiro atoms. The smallest absolute Gasteiger partial charge is 0.276 e. The summed E-state index contributed by atoms with van der Waals surface area (Å²) in [5.41, 5.74) is 4.14. The van der Waals surface area contributed by atoms with Crippen molar-refractivity contribution in [3.05, 3.63) is 53.1 Å². The maximum absolute atomic E-state index is 10.3. The quantitative estimate of drug-likeness (QED) is 0.568. The van der Waals surface area contributed by atoms with Crippen molar-refractivity contribution in [1.29, 1.82) is 0 Å². The van der Waals surface area contributed by atoms with E-state index >= 15 is 0 Å². The highest BCUT2D eigenvalue weighted by Crippen LogP contribution is 2.27. The first-order valence-electron chi connectivity index (χ1n) is 8.96. The Balaban J connectivity index is 1.53. The molecule has 7 heteroatoms. The van der Waals surface area contributed by atoms with Crippen LogP contribution in [0.25, 0.3) is 11.5 Å². The fourth-order valence-electron chi connectivity index (χ4n) is 2.66. The lowest BCUT2D eigenvalue weighted by Gasteiger charge is -2.16. The van der Waals surface area contributed by atoms with E-state index in [0.29, 0.717) is 16.9 Å². The van der Waals surface area contributed by atoms with Crippen LogP contribution in [0.4, 0.5) is 0 Å². The zero-order valence-electron chi connectivity index (χ0n) is 16.4. The summed E-state index contributed by atoms with van der Waals surface area (Å²) in [5, 5.41) is 18.7. The Hall–Kier alpha value is -2.51. The maximum Gasteiger partial charge on any atom is 0.276 e. The van der Waals surface area contributed by atoms with Gasteiger partial charge in [-0.3, -0.25) is 0 Å². The topological polar surface area (TPSA) is 77.6 Å². The number of aryl methyl sites for hydroxylation is 2. The maximum atomic E-state index is 10.3. The zero-order chi connectivity index (χ0) is 20.1. The molecule has 0 aliphatic rings. The molecule has 2 aromatic carbocycles. The number of benzene rings is 2. The third-order valence-corrected chi connectivity index (χ3v) is 5.40. The molecule has 0 saturated carbocycles. The Bertz CT molecular complexity index is 925. The summed E-state index contributed by atoms with van der Waals surface area (Å²) in [6.07, 6.45) is -0.652. The normalized spacial score (nSPS) is 12.0. The van der Waals surface area contributed by atoms with E-state index in [4.69, 9.17) is 13.9 Å². The number of aliphatic hydroxyl groups excluding tert-OH is 1. The Kier molecular flexibility index (Phi) is 6.59. The van der Waals surface area contributed by atoms with E-state index in [0.717, 1.165) is 28.2 Å². The molecule has 0 unspecified atom stereocenters. The Morgan fingerprint density at radius 2 is 1.75 bits per heavy atom. The van der Waals surface area contributed by atoms with Crippen LogP contribution in [0.3, 0.4) is 0 Å². The average molecular weight is 401 g/mol. The summed E-state index contributed by atoms with van der Waals surface area (Å²) in [4.78, 5) is 0. The van der Waals surface area contributed by atoms with Gasteiger partial charge in [0.25, 0.3) is 5.22 Å². The lowest BCUT2D eigenvalue weighted by molar-refractivity contribution is 0.125. The second-order valence-corrected chi connectivity index (χ2v) is 7.50. The number of aromatic nitrogens is 2. The molecule has 6 nitrogen and oxygen atoms in total. The molecule has 28 heavy (non-hydrogen) atoms. The molecule has 1 atom stereocenters. The Morgan fingerprint density at radius 1 is 1.04 bits per heavy atom. The van der Waals surface area contributed by atoms with Gasteiger partial charge in [0, 0.05) is 11.3 Å². The van der Waals surface area contributed by atoms with Crippen LogP contribution in [0.5, 0.6) is 11.5 Å². The van der Waals surface area contributed by atoms with Gasteiger partial charge < -0.3 is 19.0 Å². The van der Waals surface area contributed by atoms with Crippen molar-refractivity contribution in [1.82, 2.24) is 10.2 Å². The number of ether oxygens (including phenoxy) is 2. The average Bonchev–Trinajstić information content (AvgIpc) is 3.18. The van der Waals surface area contributed by atoms with Gasteiger partial charge in [0.1, 0.15) is 18.1 Å². The zero-order valence-corrected chi connectivity index (χ0v) is 17.2. The highest BCUT2D eigenvalue weighted by molar-refractivity contribution is 7.99. The van der Waals surface area contributed by atoms with E-state index in [-0.39, 0.29) is 6.61 Å². The number of thioether (sulfide) groups is 1. The van der Waals surface area contributed by atoms with Crippen molar-refractivity contribution in [2.24, 2.45) is 0 Å². The van der Waals surface area contributed by atoms with Gasteiger partial charge in [0.15, 0.2) is 0 Å².